The molecular formula is C29H28BrN7O4. The Morgan fingerprint density at radius 1 is 1.12 bits per heavy atom. The van der Waals surface area contributed by atoms with Gasteiger partial charge in [-0.25, -0.2) is 15.0 Å². The zero-order valence-corrected chi connectivity index (χ0v) is 24.6. The van der Waals surface area contributed by atoms with Gasteiger partial charge in [-0.05, 0) is 65.5 Å². The van der Waals surface area contributed by atoms with Gasteiger partial charge in [0.05, 0.1) is 5.52 Å². The summed E-state index contributed by atoms with van der Waals surface area (Å²) < 4.78 is 2.02. The summed E-state index contributed by atoms with van der Waals surface area (Å²) >= 11 is 3.32. The van der Waals surface area contributed by atoms with E-state index in [1.807, 2.05) is 32.0 Å². The quantitative estimate of drug-likeness (QED) is 0.245. The highest BCUT2D eigenvalue weighted by Crippen LogP contribution is 2.66. The minimum Gasteiger partial charge on any atom is -0.370 e. The number of hydrogen-bond acceptors (Lipinski definition) is 8. The molecule has 4 heterocycles. The Labute approximate surface area is 244 Å². The molecule has 0 radical (unpaired) electrons. The number of nitrogens with one attached hydrogen (secondary N) is 1. The number of amides is 2. The topological polar surface area (TPSA) is 143 Å². The Kier molecular flexibility index (Phi) is 6.31. The van der Waals surface area contributed by atoms with Crippen molar-refractivity contribution in [2.45, 2.75) is 58.8 Å². The normalized spacial score (nSPS) is 23.0. The van der Waals surface area contributed by atoms with Crippen molar-refractivity contribution in [3.05, 3.63) is 64.4 Å². The van der Waals surface area contributed by atoms with Crippen LogP contribution < -0.4 is 5.32 Å². The maximum Gasteiger partial charge on any atom is 0.248 e. The van der Waals surface area contributed by atoms with Crippen LogP contribution in [0.3, 0.4) is 0 Å². The number of carbonyl (C=O) groups excluding carboxylic acids is 3. The standard InChI is InChI=1S/C29H28BrN7O4/c1-15-5-8-23(30)33-26(15)34-27(40)22-10-28(4)14-29(28,41)37(22)24(39)13-36-21-7-6-18(19-11-31-17(3)32-12-19)9-20(21)25(35-36)16(2)38/h5-9,11-12,22,41H,10,13-14H2,1-4H3,(H,33,34,40)/t22-,28-,29-/m0/s1. The van der Waals surface area contributed by atoms with Gasteiger partial charge in [0.25, 0.3) is 0 Å². The number of piperidine rings is 1. The fourth-order valence-electron chi connectivity index (χ4n) is 5.79. The summed E-state index contributed by atoms with van der Waals surface area (Å²) in [5.74, 6) is -0.108. The molecule has 6 rings (SSSR count). The Balaban J connectivity index is 1.31. The lowest BCUT2D eigenvalue weighted by molar-refractivity contribution is -0.151. The number of pyridine rings is 1. The van der Waals surface area contributed by atoms with Crippen molar-refractivity contribution < 1.29 is 19.5 Å². The molecule has 4 aromatic rings. The molecule has 1 aliphatic heterocycles. The number of aliphatic hydroxyl groups is 1. The van der Waals surface area contributed by atoms with Gasteiger partial charge in [-0.3, -0.25) is 19.1 Å². The number of aryl methyl sites for hydroxylation is 2. The second-order valence-electron chi connectivity index (χ2n) is 11.1. The molecule has 0 bridgehead atoms. The molecule has 3 aromatic heterocycles. The van der Waals surface area contributed by atoms with E-state index < -0.39 is 29.0 Å². The molecule has 41 heavy (non-hydrogen) atoms. The van der Waals surface area contributed by atoms with E-state index in [2.05, 4.69) is 41.3 Å². The minimum absolute atomic E-state index is 0.226. The second kappa shape index (κ2) is 9.52. The number of nitrogens with zero attached hydrogens (tertiary/aromatic N) is 6. The van der Waals surface area contributed by atoms with Crippen molar-refractivity contribution in [2.75, 3.05) is 5.32 Å². The lowest BCUT2D eigenvalue weighted by atomic mass is 10.0. The van der Waals surface area contributed by atoms with Crippen LogP contribution in [0, 0.1) is 19.3 Å². The first-order valence-corrected chi connectivity index (χ1v) is 14.0. The molecule has 0 unspecified atom stereocenters. The van der Waals surface area contributed by atoms with Crippen molar-refractivity contribution in [1.82, 2.24) is 29.6 Å². The summed E-state index contributed by atoms with van der Waals surface area (Å²) in [6.45, 7) is 6.66. The number of likely N-dealkylation sites (tertiary alicyclic amines) is 1. The fraction of sp³-hybridized carbons (Fsp3) is 0.345. The van der Waals surface area contributed by atoms with Crippen LogP contribution in [-0.4, -0.2) is 64.1 Å². The van der Waals surface area contributed by atoms with Gasteiger partial charge >= 0.3 is 0 Å². The summed E-state index contributed by atoms with van der Waals surface area (Å²) in [5, 5.41) is 19.3. The molecular weight excluding hydrogens is 590 g/mol. The van der Waals surface area contributed by atoms with E-state index in [1.54, 1.807) is 31.5 Å². The molecule has 0 spiro atoms. The summed E-state index contributed by atoms with van der Waals surface area (Å²) in [4.78, 5) is 53.9. The Morgan fingerprint density at radius 2 is 1.85 bits per heavy atom. The van der Waals surface area contributed by atoms with Crippen LogP contribution in [0.4, 0.5) is 5.82 Å². The fourth-order valence-corrected chi connectivity index (χ4v) is 6.10. The first kappa shape index (κ1) is 27.2. The van der Waals surface area contributed by atoms with E-state index in [0.717, 1.165) is 16.7 Å². The van der Waals surface area contributed by atoms with E-state index in [4.69, 9.17) is 0 Å². The third-order valence-electron chi connectivity index (χ3n) is 8.19. The van der Waals surface area contributed by atoms with Gasteiger partial charge in [0.15, 0.2) is 5.78 Å². The highest BCUT2D eigenvalue weighted by atomic mass is 79.9. The highest BCUT2D eigenvalue weighted by Gasteiger charge is 2.75. The number of benzene rings is 1. The second-order valence-corrected chi connectivity index (χ2v) is 12.0. The van der Waals surface area contributed by atoms with Crippen molar-refractivity contribution in [3.63, 3.8) is 0 Å². The first-order valence-electron chi connectivity index (χ1n) is 13.2. The third-order valence-corrected chi connectivity index (χ3v) is 8.63. The molecule has 2 fully saturated rings. The molecule has 12 heteroatoms. The number of rotatable bonds is 6. The summed E-state index contributed by atoms with van der Waals surface area (Å²) in [6, 6.07) is 8.18. The van der Waals surface area contributed by atoms with Gasteiger partial charge < -0.3 is 15.3 Å². The van der Waals surface area contributed by atoms with Crippen LogP contribution in [0.25, 0.3) is 22.0 Å². The zero-order valence-electron chi connectivity index (χ0n) is 23.0. The molecule has 1 saturated heterocycles. The molecule has 3 atom stereocenters. The number of fused-ring (bicyclic) bond motifs is 2. The largest absolute Gasteiger partial charge is 0.370 e. The van der Waals surface area contributed by atoms with E-state index in [1.165, 1.54) is 16.5 Å². The summed E-state index contributed by atoms with van der Waals surface area (Å²) in [6.07, 6.45) is 4.11. The van der Waals surface area contributed by atoms with Gasteiger partial charge in [-0.2, -0.15) is 5.10 Å². The number of ketones is 1. The zero-order chi connectivity index (χ0) is 29.3. The average molecular weight is 618 g/mol. The number of carbonyl (C=O) groups is 3. The lowest BCUT2D eigenvalue weighted by Crippen LogP contribution is -2.51. The summed E-state index contributed by atoms with van der Waals surface area (Å²) in [5.41, 5.74) is 1.14. The van der Waals surface area contributed by atoms with E-state index >= 15 is 0 Å². The van der Waals surface area contributed by atoms with Gasteiger partial charge in [-0.15, -0.1) is 0 Å². The van der Waals surface area contributed by atoms with Crippen molar-refractivity contribution in [1.29, 1.82) is 0 Å². The van der Waals surface area contributed by atoms with Gasteiger partial charge in [0.2, 0.25) is 11.8 Å². The van der Waals surface area contributed by atoms with Crippen LogP contribution in [0.2, 0.25) is 0 Å². The van der Waals surface area contributed by atoms with Crippen molar-refractivity contribution in [2.24, 2.45) is 5.41 Å². The van der Waals surface area contributed by atoms with Gasteiger partial charge in [0, 0.05) is 42.1 Å². The minimum atomic E-state index is -1.43. The van der Waals surface area contributed by atoms with Crippen molar-refractivity contribution >= 4 is 50.2 Å². The molecule has 1 saturated carbocycles. The lowest BCUT2D eigenvalue weighted by Gasteiger charge is -2.30. The van der Waals surface area contributed by atoms with Crippen LogP contribution in [0.15, 0.2) is 47.3 Å². The van der Waals surface area contributed by atoms with Crippen LogP contribution in [0.1, 0.15) is 48.6 Å². The Morgan fingerprint density at radius 3 is 2.56 bits per heavy atom. The molecule has 1 aliphatic carbocycles. The third kappa shape index (κ3) is 4.51. The van der Waals surface area contributed by atoms with Gasteiger partial charge in [-0.1, -0.05) is 19.1 Å². The Hall–Kier alpha value is -4.03. The number of hydrogen-bond donors (Lipinski definition) is 2. The number of aromatic nitrogens is 5. The van der Waals surface area contributed by atoms with Crippen LogP contribution in [0.5, 0.6) is 0 Å². The Bertz CT molecular complexity index is 1750. The molecule has 11 nitrogen and oxygen atoms in total. The molecule has 1 aromatic carbocycles. The van der Waals surface area contributed by atoms with Crippen molar-refractivity contribution in [3.8, 4) is 11.1 Å². The molecule has 2 amide bonds. The average Bonchev–Trinajstić information content (AvgIpc) is 3.18. The molecule has 2 aliphatic rings. The van der Waals surface area contributed by atoms with Crippen LogP contribution in [-0.2, 0) is 16.1 Å². The highest BCUT2D eigenvalue weighted by molar-refractivity contribution is 9.10. The maximum atomic E-state index is 13.8. The van der Waals surface area contributed by atoms with E-state index in [9.17, 15) is 19.5 Å². The molecule has 2 N–H and O–H groups in total. The smallest absolute Gasteiger partial charge is 0.248 e. The van der Waals surface area contributed by atoms with Crippen LogP contribution >= 0.6 is 15.9 Å². The SMILES string of the molecule is CC(=O)c1nn(CC(=O)N2[C@H](C(=O)Nc3nc(Br)ccc3C)C[C@@]3(C)C[C@@]23O)c2ccc(-c3cnc(C)nc3)cc12. The van der Waals surface area contributed by atoms with Gasteiger partial charge in [0.1, 0.15) is 40.3 Å². The first-order chi connectivity index (χ1) is 19.4. The van der Waals surface area contributed by atoms with E-state index in [-0.39, 0.29) is 18.0 Å². The predicted molar refractivity (Wildman–Crippen MR) is 154 cm³/mol. The summed E-state index contributed by atoms with van der Waals surface area (Å²) in [7, 11) is 0. The van der Waals surface area contributed by atoms with E-state index in [0.29, 0.717) is 40.0 Å². The molecule has 210 valence electrons. The maximum absolute atomic E-state index is 13.8. The number of halogens is 1. The predicted octanol–water partition coefficient (Wildman–Crippen LogP) is 3.81. The monoisotopic (exact) mass is 617 g/mol. The number of Topliss-reactive ketones (excluding diaryl/α,β-unsaturated/α-hetero) is 1. The number of anilines is 1.